The molecule has 0 bridgehead atoms. The van der Waals surface area contributed by atoms with Crippen LogP contribution in [0, 0.1) is 0 Å². The summed E-state index contributed by atoms with van der Waals surface area (Å²) in [5.41, 5.74) is 1.38. The summed E-state index contributed by atoms with van der Waals surface area (Å²) in [5, 5.41) is 15.3. The van der Waals surface area contributed by atoms with Crippen LogP contribution < -0.4 is 5.32 Å². The number of hydrogen-bond donors (Lipinski definition) is 2. The molecule has 140 valence electrons. The third-order valence-corrected chi connectivity index (χ3v) is 7.07. The number of nitrogens with zero attached hydrogens (tertiary/aromatic N) is 1. The van der Waals surface area contributed by atoms with Crippen molar-refractivity contribution in [2.24, 2.45) is 0 Å². The average molecular weight is 373 g/mol. The molecular formula is C21H28N2O2S. The maximum atomic E-state index is 9.81. The molecule has 26 heavy (non-hydrogen) atoms. The SMILES string of the molecule is Oc1ccsc1CNCC[C@@]1(c2ccccn2)CCOC2(CCCC2)C1. The van der Waals surface area contributed by atoms with E-state index in [1.807, 2.05) is 17.6 Å². The molecule has 2 aromatic rings. The second-order valence-corrected chi connectivity index (χ2v) is 8.82. The summed E-state index contributed by atoms with van der Waals surface area (Å²) in [5.74, 6) is 0.401. The average Bonchev–Trinajstić information content (AvgIpc) is 3.29. The van der Waals surface area contributed by atoms with E-state index in [9.17, 15) is 5.11 Å². The maximum absolute atomic E-state index is 9.81. The van der Waals surface area contributed by atoms with Gasteiger partial charge in [0, 0.05) is 30.5 Å². The maximum Gasteiger partial charge on any atom is 0.130 e. The molecule has 2 fully saturated rings. The number of aromatic hydroxyl groups is 1. The lowest BCUT2D eigenvalue weighted by Gasteiger charge is -2.46. The summed E-state index contributed by atoms with van der Waals surface area (Å²) in [4.78, 5) is 5.76. The zero-order valence-electron chi connectivity index (χ0n) is 15.2. The molecule has 1 atom stereocenters. The highest BCUT2D eigenvalue weighted by atomic mass is 32.1. The standard InChI is InChI=1S/C21H28N2O2S/c24-17-6-14-26-18(17)15-22-12-9-20(19-5-1-4-11-23-19)10-13-25-21(16-20)7-2-3-8-21/h1,4-6,11,14,22,24H,2-3,7-10,12-13,15-16H2/t20-/m1/s1. The Morgan fingerprint density at radius 3 is 2.81 bits per heavy atom. The quantitative estimate of drug-likeness (QED) is 0.739. The minimum atomic E-state index is 0.0712. The number of nitrogens with one attached hydrogen (secondary N) is 1. The van der Waals surface area contributed by atoms with Crippen molar-refractivity contribution in [3.63, 3.8) is 0 Å². The Bertz CT molecular complexity index is 712. The van der Waals surface area contributed by atoms with Gasteiger partial charge in [0.05, 0.1) is 10.5 Å². The van der Waals surface area contributed by atoms with Crippen LogP contribution in [0.4, 0.5) is 0 Å². The summed E-state index contributed by atoms with van der Waals surface area (Å²) < 4.78 is 6.30. The molecule has 1 spiro atoms. The van der Waals surface area contributed by atoms with Crippen molar-refractivity contribution in [2.75, 3.05) is 13.2 Å². The third kappa shape index (κ3) is 3.66. The first-order valence-corrected chi connectivity index (χ1v) is 10.6. The van der Waals surface area contributed by atoms with Crippen molar-refractivity contribution in [2.45, 2.75) is 62.5 Å². The fraction of sp³-hybridized carbons (Fsp3) is 0.571. The molecule has 0 amide bonds. The van der Waals surface area contributed by atoms with Crippen LogP contribution >= 0.6 is 11.3 Å². The number of aromatic nitrogens is 1. The summed E-state index contributed by atoms with van der Waals surface area (Å²) >= 11 is 1.60. The number of rotatable bonds is 6. The predicted molar refractivity (Wildman–Crippen MR) is 105 cm³/mol. The molecule has 3 heterocycles. The zero-order valence-corrected chi connectivity index (χ0v) is 16.1. The van der Waals surface area contributed by atoms with Crippen molar-refractivity contribution < 1.29 is 9.84 Å². The Morgan fingerprint density at radius 1 is 1.19 bits per heavy atom. The monoisotopic (exact) mass is 372 g/mol. The molecule has 4 nitrogen and oxygen atoms in total. The van der Waals surface area contributed by atoms with Crippen LogP contribution in [0.15, 0.2) is 35.8 Å². The molecular weight excluding hydrogens is 344 g/mol. The van der Waals surface area contributed by atoms with E-state index in [0.29, 0.717) is 5.75 Å². The minimum absolute atomic E-state index is 0.0712. The highest BCUT2D eigenvalue weighted by molar-refractivity contribution is 7.10. The molecule has 4 rings (SSSR count). The van der Waals surface area contributed by atoms with Gasteiger partial charge in [0.1, 0.15) is 5.75 Å². The van der Waals surface area contributed by atoms with Gasteiger partial charge in [-0.15, -0.1) is 11.3 Å². The van der Waals surface area contributed by atoms with E-state index in [0.717, 1.165) is 43.8 Å². The van der Waals surface area contributed by atoms with E-state index in [1.54, 1.807) is 17.4 Å². The molecule has 0 aromatic carbocycles. The van der Waals surface area contributed by atoms with E-state index in [4.69, 9.17) is 9.72 Å². The van der Waals surface area contributed by atoms with Crippen LogP contribution in [0.3, 0.4) is 0 Å². The van der Waals surface area contributed by atoms with Crippen LogP contribution in [0.1, 0.15) is 55.5 Å². The first kappa shape index (κ1) is 18.0. The molecule has 2 N–H and O–H groups in total. The van der Waals surface area contributed by atoms with Gasteiger partial charge in [0.2, 0.25) is 0 Å². The molecule has 0 radical (unpaired) electrons. The van der Waals surface area contributed by atoms with Gasteiger partial charge < -0.3 is 15.2 Å². The van der Waals surface area contributed by atoms with Crippen LogP contribution in [-0.4, -0.2) is 28.8 Å². The lowest BCUT2D eigenvalue weighted by atomic mass is 9.68. The lowest BCUT2D eigenvalue weighted by molar-refractivity contribution is -0.104. The Balaban J connectivity index is 1.47. The van der Waals surface area contributed by atoms with Gasteiger partial charge in [-0.1, -0.05) is 18.9 Å². The Hall–Kier alpha value is -1.43. The van der Waals surface area contributed by atoms with Gasteiger partial charge in [-0.3, -0.25) is 4.98 Å². The Kier molecular flexibility index (Phi) is 5.30. The minimum Gasteiger partial charge on any atom is -0.507 e. The van der Waals surface area contributed by atoms with Crippen LogP contribution in [0.5, 0.6) is 5.75 Å². The second-order valence-electron chi connectivity index (χ2n) is 7.82. The highest BCUT2D eigenvalue weighted by Gasteiger charge is 2.48. The van der Waals surface area contributed by atoms with Crippen molar-refractivity contribution >= 4 is 11.3 Å². The van der Waals surface area contributed by atoms with Crippen LogP contribution in [0.2, 0.25) is 0 Å². The van der Waals surface area contributed by atoms with E-state index < -0.39 is 0 Å². The molecule has 2 aromatic heterocycles. The number of thiophene rings is 1. The van der Waals surface area contributed by atoms with Gasteiger partial charge in [-0.25, -0.2) is 0 Å². The zero-order chi connectivity index (χ0) is 17.9. The molecule has 1 aliphatic carbocycles. The summed E-state index contributed by atoms with van der Waals surface area (Å²) in [7, 11) is 0. The lowest BCUT2D eigenvalue weighted by Crippen LogP contribution is -2.47. The molecule has 2 aliphatic rings. The fourth-order valence-electron chi connectivity index (χ4n) is 4.79. The van der Waals surface area contributed by atoms with E-state index >= 15 is 0 Å². The topological polar surface area (TPSA) is 54.4 Å². The number of hydrogen-bond acceptors (Lipinski definition) is 5. The Morgan fingerprint density at radius 2 is 2.08 bits per heavy atom. The fourth-order valence-corrected chi connectivity index (χ4v) is 5.53. The molecule has 5 heteroatoms. The molecule has 1 saturated carbocycles. The van der Waals surface area contributed by atoms with E-state index in [-0.39, 0.29) is 11.0 Å². The summed E-state index contributed by atoms with van der Waals surface area (Å²) in [6.45, 7) is 2.48. The number of ether oxygens (including phenoxy) is 1. The van der Waals surface area contributed by atoms with Gasteiger partial charge in [-0.2, -0.15) is 0 Å². The van der Waals surface area contributed by atoms with Gasteiger partial charge in [-0.05, 0) is 62.2 Å². The first-order chi connectivity index (χ1) is 12.7. The normalized spacial score (nSPS) is 24.9. The largest absolute Gasteiger partial charge is 0.507 e. The van der Waals surface area contributed by atoms with Crippen LogP contribution in [0.25, 0.3) is 0 Å². The summed E-state index contributed by atoms with van der Waals surface area (Å²) in [6, 6.07) is 8.07. The highest BCUT2D eigenvalue weighted by Crippen LogP contribution is 2.49. The van der Waals surface area contributed by atoms with Crippen molar-refractivity contribution in [3.05, 3.63) is 46.4 Å². The predicted octanol–water partition coefficient (Wildman–Crippen LogP) is 4.39. The smallest absolute Gasteiger partial charge is 0.130 e. The van der Waals surface area contributed by atoms with Gasteiger partial charge in [0.15, 0.2) is 0 Å². The van der Waals surface area contributed by atoms with Crippen molar-refractivity contribution in [3.8, 4) is 5.75 Å². The van der Waals surface area contributed by atoms with E-state index in [2.05, 4.69) is 17.4 Å². The van der Waals surface area contributed by atoms with Gasteiger partial charge in [0.25, 0.3) is 0 Å². The molecule has 1 aliphatic heterocycles. The third-order valence-electron chi connectivity index (χ3n) is 6.16. The second kappa shape index (κ2) is 7.67. The van der Waals surface area contributed by atoms with Crippen molar-refractivity contribution in [1.29, 1.82) is 0 Å². The first-order valence-electron chi connectivity index (χ1n) is 9.73. The van der Waals surface area contributed by atoms with Crippen LogP contribution in [-0.2, 0) is 16.7 Å². The summed E-state index contributed by atoms with van der Waals surface area (Å²) in [6.07, 6.45) is 10.1. The number of pyridine rings is 1. The Labute approximate surface area is 159 Å². The molecule has 1 saturated heterocycles. The van der Waals surface area contributed by atoms with E-state index in [1.165, 1.54) is 31.4 Å². The molecule has 0 unspecified atom stereocenters. The van der Waals surface area contributed by atoms with Gasteiger partial charge >= 0.3 is 0 Å². The van der Waals surface area contributed by atoms with Crippen molar-refractivity contribution in [1.82, 2.24) is 10.3 Å².